The fourth-order valence-corrected chi connectivity index (χ4v) is 1.41. The van der Waals surface area contributed by atoms with Crippen molar-refractivity contribution in [3.8, 4) is 0 Å². The number of aryl methyl sites for hydroxylation is 1. The van der Waals surface area contributed by atoms with Crippen LogP contribution in [0, 0.1) is 0 Å². The van der Waals surface area contributed by atoms with Crippen molar-refractivity contribution in [2.24, 2.45) is 7.05 Å². The summed E-state index contributed by atoms with van der Waals surface area (Å²) in [6.45, 7) is 0.458. The summed E-state index contributed by atoms with van der Waals surface area (Å²) in [6.07, 6.45) is 4.84. The summed E-state index contributed by atoms with van der Waals surface area (Å²) < 4.78 is 1.87. The molecule has 2 aromatic heterocycles. The molecule has 0 spiro atoms. The number of anilines is 1. The van der Waals surface area contributed by atoms with E-state index in [9.17, 15) is 4.79 Å². The van der Waals surface area contributed by atoms with Gasteiger partial charge in [-0.05, 0) is 0 Å². The minimum atomic E-state index is -0.362. The molecule has 2 N–H and O–H groups in total. The smallest absolute Gasteiger partial charge is 0.271 e. The molecule has 2 rings (SSSR count). The highest BCUT2D eigenvalue weighted by molar-refractivity contribution is 6.32. The topological polar surface area (TPSA) is 75.6 Å². The van der Waals surface area contributed by atoms with Crippen molar-refractivity contribution in [3.63, 3.8) is 0 Å². The molecule has 0 atom stereocenters. The van der Waals surface area contributed by atoms with Crippen LogP contribution in [0.3, 0.4) is 0 Å². The van der Waals surface area contributed by atoms with Gasteiger partial charge in [0.1, 0.15) is 10.8 Å². The number of nitrogens with zero attached hydrogens (tertiary/aromatic N) is 3. The lowest BCUT2D eigenvalue weighted by atomic mass is 10.5. The average molecular weight is 240 g/mol. The molecule has 2 aromatic rings. The Balaban J connectivity index is 2.14. The summed E-state index contributed by atoms with van der Waals surface area (Å²) in [6, 6.07) is 0. The molecule has 84 valence electrons. The molecule has 0 bridgehead atoms. The van der Waals surface area contributed by atoms with Gasteiger partial charge in [0.05, 0.1) is 12.9 Å². The fourth-order valence-electron chi connectivity index (χ4n) is 1.24. The van der Waals surface area contributed by atoms with Gasteiger partial charge in [0.25, 0.3) is 5.56 Å². The van der Waals surface area contributed by atoms with Gasteiger partial charge in [-0.3, -0.25) is 4.79 Å². The summed E-state index contributed by atoms with van der Waals surface area (Å²) in [4.78, 5) is 21.6. The van der Waals surface area contributed by atoms with Crippen LogP contribution in [0.25, 0.3) is 0 Å². The van der Waals surface area contributed by atoms with Gasteiger partial charge in [0.15, 0.2) is 5.82 Å². The predicted octanol–water partition coefficient (Wildman–Crippen LogP) is 0.769. The second-order valence-electron chi connectivity index (χ2n) is 3.20. The van der Waals surface area contributed by atoms with Crippen LogP contribution in [0.2, 0.25) is 5.02 Å². The second kappa shape index (κ2) is 4.36. The third-order valence-corrected chi connectivity index (χ3v) is 2.48. The van der Waals surface area contributed by atoms with Gasteiger partial charge in [-0.25, -0.2) is 9.97 Å². The standard InChI is InChI=1S/C9H10ClN5O/c1-15-3-2-11-6(15)4-12-8-7(10)9(16)14-5-13-8/h2-3,5H,4H2,1H3,(H2,12,13,14,16). The highest BCUT2D eigenvalue weighted by Crippen LogP contribution is 2.12. The SMILES string of the molecule is Cn1ccnc1CNc1nc[nH]c(=O)c1Cl. The number of nitrogens with one attached hydrogen (secondary N) is 2. The van der Waals surface area contributed by atoms with E-state index < -0.39 is 0 Å². The van der Waals surface area contributed by atoms with Crippen LogP contribution in [0.5, 0.6) is 0 Å². The van der Waals surface area contributed by atoms with E-state index in [1.54, 1.807) is 6.20 Å². The van der Waals surface area contributed by atoms with Crippen molar-refractivity contribution in [3.05, 3.63) is 39.9 Å². The van der Waals surface area contributed by atoms with Crippen LogP contribution in [0.1, 0.15) is 5.82 Å². The largest absolute Gasteiger partial charge is 0.361 e. The lowest BCUT2D eigenvalue weighted by molar-refractivity contribution is 0.810. The molecule has 6 nitrogen and oxygen atoms in total. The Labute approximate surface area is 96.3 Å². The van der Waals surface area contributed by atoms with Gasteiger partial charge in [-0.15, -0.1) is 0 Å². The molecule has 0 amide bonds. The summed E-state index contributed by atoms with van der Waals surface area (Å²) in [7, 11) is 1.89. The van der Waals surface area contributed by atoms with Crippen molar-refractivity contribution >= 4 is 17.4 Å². The van der Waals surface area contributed by atoms with E-state index in [0.29, 0.717) is 12.4 Å². The van der Waals surface area contributed by atoms with Crippen molar-refractivity contribution in [2.45, 2.75) is 6.54 Å². The highest BCUT2D eigenvalue weighted by Gasteiger charge is 2.06. The van der Waals surface area contributed by atoms with Crippen LogP contribution in [0.4, 0.5) is 5.82 Å². The minimum Gasteiger partial charge on any atom is -0.361 e. The zero-order chi connectivity index (χ0) is 11.5. The van der Waals surface area contributed by atoms with Gasteiger partial charge < -0.3 is 14.9 Å². The number of H-pyrrole nitrogens is 1. The Hall–Kier alpha value is -1.82. The normalized spacial score (nSPS) is 10.4. The summed E-state index contributed by atoms with van der Waals surface area (Å²) >= 11 is 5.78. The number of aromatic nitrogens is 4. The van der Waals surface area contributed by atoms with Crippen LogP contribution >= 0.6 is 11.6 Å². The first-order chi connectivity index (χ1) is 7.68. The monoisotopic (exact) mass is 239 g/mol. The molecule has 0 aliphatic heterocycles. The van der Waals surface area contributed by atoms with Crippen LogP contribution in [0.15, 0.2) is 23.5 Å². The third-order valence-electron chi connectivity index (χ3n) is 2.13. The lowest BCUT2D eigenvalue weighted by Gasteiger charge is -2.05. The Morgan fingerprint density at radius 2 is 2.38 bits per heavy atom. The van der Waals surface area contributed by atoms with Gasteiger partial charge in [-0.2, -0.15) is 0 Å². The molecule has 0 fully saturated rings. The van der Waals surface area contributed by atoms with E-state index in [2.05, 4.69) is 20.3 Å². The third kappa shape index (κ3) is 2.06. The van der Waals surface area contributed by atoms with E-state index in [1.807, 2.05) is 17.8 Å². The van der Waals surface area contributed by atoms with Gasteiger partial charge in [-0.1, -0.05) is 11.6 Å². The van der Waals surface area contributed by atoms with E-state index in [0.717, 1.165) is 5.82 Å². The van der Waals surface area contributed by atoms with E-state index >= 15 is 0 Å². The molecule has 0 saturated carbocycles. The summed E-state index contributed by atoms with van der Waals surface area (Å²) in [5, 5.41) is 3.00. The first kappa shape index (κ1) is 10.7. The van der Waals surface area contributed by atoms with E-state index in [1.165, 1.54) is 6.33 Å². The summed E-state index contributed by atoms with van der Waals surface area (Å²) in [5.74, 6) is 1.19. The first-order valence-corrected chi connectivity index (χ1v) is 4.99. The van der Waals surface area contributed by atoms with E-state index in [-0.39, 0.29) is 10.6 Å². The van der Waals surface area contributed by atoms with E-state index in [4.69, 9.17) is 11.6 Å². The number of hydrogen-bond donors (Lipinski definition) is 2. The van der Waals surface area contributed by atoms with Crippen molar-refractivity contribution in [1.29, 1.82) is 0 Å². The predicted molar refractivity (Wildman–Crippen MR) is 60.4 cm³/mol. The number of aromatic amines is 1. The average Bonchev–Trinajstić information content (AvgIpc) is 2.67. The van der Waals surface area contributed by atoms with Crippen LogP contribution in [-0.2, 0) is 13.6 Å². The van der Waals surface area contributed by atoms with Crippen LogP contribution < -0.4 is 10.9 Å². The maximum Gasteiger partial charge on any atom is 0.271 e. The van der Waals surface area contributed by atoms with Gasteiger partial charge in [0, 0.05) is 19.4 Å². The molecular weight excluding hydrogens is 230 g/mol. The molecule has 0 aliphatic rings. The number of imidazole rings is 1. The molecule has 0 aromatic carbocycles. The van der Waals surface area contributed by atoms with Crippen LogP contribution in [-0.4, -0.2) is 19.5 Å². The molecule has 0 radical (unpaired) electrons. The number of rotatable bonds is 3. The van der Waals surface area contributed by atoms with Gasteiger partial charge in [0.2, 0.25) is 0 Å². The maximum absolute atomic E-state index is 11.2. The highest BCUT2D eigenvalue weighted by atomic mass is 35.5. The van der Waals surface area contributed by atoms with Crippen molar-refractivity contribution < 1.29 is 0 Å². The molecule has 0 aliphatic carbocycles. The molecule has 7 heteroatoms. The zero-order valence-corrected chi connectivity index (χ0v) is 9.32. The molecule has 0 unspecified atom stereocenters. The minimum absolute atomic E-state index is 0.0525. The lowest BCUT2D eigenvalue weighted by Crippen LogP contribution is -2.13. The number of halogens is 1. The molecule has 16 heavy (non-hydrogen) atoms. The Morgan fingerprint density at radius 3 is 3.06 bits per heavy atom. The van der Waals surface area contributed by atoms with Crippen molar-refractivity contribution in [2.75, 3.05) is 5.32 Å². The second-order valence-corrected chi connectivity index (χ2v) is 3.58. The zero-order valence-electron chi connectivity index (χ0n) is 8.57. The number of hydrogen-bond acceptors (Lipinski definition) is 4. The Morgan fingerprint density at radius 1 is 1.56 bits per heavy atom. The molecule has 2 heterocycles. The fraction of sp³-hybridized carbons (Fsp3) is 0.222. The van der Waals surface area contributed by atoms with Gasteiger partial charge >= 0.3 is 0 Å². The Bertz CT molecular complexity index is 547. The summed E-state index contributed by atoms with van der Waals surface area (Å²) in [5.41, 5.74) is -0.362. The van der Waals surface area contributed by atoms with Crippen molar-refractivity contribution in [1.82, 2.24) is 19.5 Å². The quantitative estimate of drug-likeness (QED) is 0.830. The Kier molecular flexibility index (Phi) is 2.91. The maximum atomic E-state index is 11.2. The molecular formula is C9H10ClN5O. The first-order valence-electron chi connectivity index (χ1n) is 4.61. The molecule has 0 saturated heterocycles.